The van der Waals surface area contributed by atoms with Crippen LogP contribution in [0, 0.1) is 17.3 Å². The lowest BCUT2D eigenvalue weighted by molar-refractivity contribution is -0.150. The SMILES string of the molecule is CCOC(=O)[C@@H]1[C@@H](C(=O)OCC)C12CON(c1ccccc1)[C@H]2c1ccc(OC)cc1. The number of benzene rings is 2. The quantitative estimate of drug-likeness (QED) is 0.628. The van der Waals surface area contributed by atoms with Gasteiger partial charge in [0.25, 0.3) is 0 Å². The molecule has 2 aromatic carbocycles. The van der Waals surface area contributed by atoms with Crippen molar-refractivity contribution in [2.75, 3.05) is 32.0 Å². The van der Waals surface area contributed by atoms with Crippen LogP contribution in [0.2, 0.25) is 0 Å². The zero-order chi connectivity index (χ0) is 22.0. The van der Waals surface area contributed by atoms with Crippen LogP contribution in [0.1, 0.15) is 25.5 Å². The molecule has 1 aliphatic heterocycles. The summed E-state index contributed by atoms with van der Waals surface area (Å²) in [7, 11) is 1.61. The van der Waals surface area contributed by atoms with Crippen molar-refractivity contribution in [2.24, 2.45) is 17.3 Å². The summed E-state index contributed by atoms with van der Waals surface area (Å²) in [5.74, 6) is -1.32. The molecule has 0 N–H and O–H groups in total. The maximum absolute atomic E-state index is 12.9. The third-order valence-electron chi connectivity index (χ3n) is 6.10. The van der Waals surface area contributed by atoms with Crippen LogP contribution < -0.4 is 9.80 Å². The average molecular weight is 425 g/mol. The summed E-state index contributed by atoms with van der Waals surface area (Å²) in [6.07, 6.45) is 0. The van der Waals surface area contributed by atoms with Crippen molar-refractivity contribution >= 4 is 17.6 Å². The molecule has 0 bridgehead atoms. The Balaban J connectivity index is 1.79. The number of ether oxygens (including phenoxy) is 3. The van der Waals surface area contributed by atoms with E-state index in [-0.39, 0.29) is 25.9 Å². The molecule has 2 fully saturated rings. The zero-order valence-electron chi connectivity index (χ0n) is 17.9. The molecule has 0 unspecified atom stereocenters. The third-order valence-corrected chi connectivity index (χ3v) is 6.10. The van der Waals surface area contributed by atoms with Crippen LogP contribution in [-0.2, 0) is 23.9 Å². The van der Waals surface area contributed by atoms with Gasteiger partial charge < -0.3 is 14.2 Å². The second-order valence-electron chi connectivity index (χ2n) is 7.68. The summed E-state index contributed by atoms with van der Waals surface area (Å²) in [5.41, 5.74) is 0.990. The Labute approximate surface area is 181 Å². The summed E-state index contributed by atoms with van der Waals surface area (Å²) >= 11 is 0. The number of nitrogens with zero attached hydrogens (tertiary/aromatic N) is 1. The highest BCUT2D eigenvalue weighted by molar-refractivity contribution is 5.91. The van der Waals surface area contributed by atoms with E-state index >= 15 is 0 Å². The van der Waals surface area contributed by atoms with Crippen LogP contribution >= 0.6 is 0 Å². The molecule has 0 aromatic heterocycles. The number of rotatable bonds is 7. The van der Waals surface area contributed by atoms with Gasteiger partial charge in [-0.1, -0.05) is 30.3 Å². The topological polar surface area (TPSA) is 74.3 Å². The first-order valence-corrected chi connectivity index (χ1v) is 10.5. The molecule has 1 saturated heterocycles. The molecule has 31 heavy (non-hydrogen) atoms. The number of hydroxylamine groups is 1. The lowest BCUT2D eigenvalue weighted by Gasteiger charge is -2.28. The summed E-state index contributed by atoms with van der Waals surface area (Å²) in [6.45, 7) is 4.23. The van der Waals surface area contributed by atoms with Crippen LogP contribution in [0.25, 0.3) is 0 Å². The molecule has 4 rings (SSSR count). The van der Waals surface area contributed by atoms with Crippen LogP contribution in [-0.4, -0.2) is 38.9 Å². The van der Waals surface area contributed by atoms with Crippen molar-refractivity contribution in [3.05, 3.63) is 60.2 Å². The summed E-state index contributed by atoms with van der Waals surface area (Å²) in [5, 5.41) is 1.80. The second kappa shape index (κ2) is 8.59. The Morgan fingerprint density at radius 3 is 2.06 bits per heavy atom. The first-order valence-electron chi connectivity index (χ1n) is 10.5. The van der Waals surface area contributed by atoms with Gasteiger partial charge in [-0.15, -0.1) is 0 Å². The van der Waals surface area contributed by atoms with Gasteiger partial charge in [0.2, 0.25) is 0 Å². The Bertz CT molecular complexity index is 905. The van der Waals surface area contributed by atoms with Gasteiger partial charge in [-0.3, -0.25) is 14.4 Å². The van der Waals surface area contributed by atoms with Gasteiger partial charge in [0.05, 0.1) is 55.9 Å². The largest absolute Gasteiger partial charge is 0.497 e. The molecule has 0 radical (unpaired) electrons. The molecule has 0 amide bonds. The number of esters is 2. The number of carbonyl (C=O) groups is 2. The molecular formula is C24H27NO6. The maximum Gasteiger partial charge on any atom is 0.310 e. The predicted molar refractivity (Wildman–Crippen MR) is 113 cm³/mol. The Morgan fingerprint density at radius 2 is 1.55 bits per heavy atom. The molecule has 164 valence electrons. The first kappa shape index (κ1) is 21.2. The number of hydrogen-bond acceptors (Lipinski definition) is 7. The van der Waals surface area contributed by atoms with Crippen molar-refractivity contribution in [2.45, 2.75) is 19.9 Å². The number of hydrogen-bond donors (Lipinski definition) is 0. The van der Waals surface area contributed by atoms with E-state index < -0.39 is 29.2 Å². The van der Waals surface area contributed by atoms with Crippen LogP contribution in [0.4, 0.5) is 5.69 Å². The highest BCUT2D eigenvalue weighted by atomic mass is 16.7. The summed E-state index contributed by atoms with van der Waals surface area (Å²) in [4.78, 5) is 31.9. The van der Waals surface area contributed by atoms with Crippen molar-refractivity contribution < 1.29 is 28.6 Å². The van der Waals surface area contributed by atoms with Gasteiger partial charge in [-0.05, 0) is 43.7 Å². The van der Waals surface area contributed by atoms with E-state index in [0.29, 0.717) is 0 Å². The van der Waals surface area contributed by atoms with E-state index in [1.54, 1.807) is 26.0 Å². The first-order chi connectivity index (χ1) is 15.1. The fourth-order valence-corrected chi connectivity index (χ4v) is 4.74. The van der Waals surface area contributed by atoms with E-state index in [0.717, 1.165) is 17.0 Å². The summed E-state index contributed by atoms with van der Waals surface area (Å²) < 4.78 is 16.0. The second-order valence-corrected chi connectivity index (χ2v) is 7.68. The third kappa shape index (κ3) is 3.53. The lowest BCUT2D eigenvalue weighted by atomic mass is 9.87. The lowest BCUT2D eigenvalue weighted by Crippen LogP contribution is -2.28. The predicted octanol–water partition coefficient (Wildman–Crippen LogP) is 3.55. The molecule has 7 heteroatoms. The standard InChI is InChI=1S/C24H27NO6/c1-4-29-22(26)19-20(23(27)30-5-2)24(19)15-31-25(17-9-7-6-8-10-17)21(24)16-11-13-18(28-3)14-12-16/h6-14,19-21H,4-5,15H2,1-3H3/t19-,20-,21-/m0/s1. The minimum atomic E-state index is -0.775. The zero-order valence-corrected chi connectivity index (χ0v) is 17.9. The van der Waals surface area contributed by atoms with Gasteiger partial charge in [0.15, 0.2) is 0 Å². The maximum atomic E-state index is 12.9. The Hall–Kier alpha value is -3.06. The minimum Gasteiger partial charge on any atom is -0.497 e. The number of methoxy groups -OCH3 is 1. The fourth-order valence-electron chi connectivity index (χ4n) is 4.74. The van der Waals surface area contributed by atoms with Crippen molar-refractivity contribution in [3.63, 3.8) is 0 Å². The summed E-state index contributed by atoms with van der Waals surface area (Å²) in [6, 6.07) is 16.9. The molecule has 1 heterocycles. The molecule has 3 atom stereocenters. The highest BCUT2D eigenvalue weighted by Gasteiger charge is 2.79. The highest BCUT2D eigenvalue weighted by Crippen LogP contribution is 2.70. The fraction of sp³-hybridized carbons (Fsp3) is 0.417. The van der Waals surface area contributed by atoms with E-state index in [9.17, 15) is 9.59 Å². The number of anilines is 1. The van der Waals surface area contributed by atoms with Crippen molar-refractivity contribution in [1.29, 1.82) is 0 Å². The normalized spacial score (nSPS) is 26.5. The monoisotopic (exact) mass is 425 g/mol. The van der Waals surface area contributed by atoms with Crippen molar-refractivity contribution in [3.8, 4) is 5.75 Å². The molecular weight excluding hydrogens is 398 g/mol. The molecule has 1 aliphatic carbocycles. The Morgan fingerprint density at radius 1 is 0.968 bits per heavy atom. The van der Waals surface area contributed by atoms with Gasteiger partial charge in [-0.25, -0.2) is 5.06 Å². The minimum absolute atomic E-state index is 0.214. The molecule has 1 saturated carbocycles. The molecule has 2 aliphatic rings. The van der Waals surface area contributed by atoms with Gasteiger partial charge in [0, 0.05) is 0 Å². The average Bonchev–Trinajstić information content (AvgIpc) is 3.31. The van der Waals surface area contributed by atoms with E-state index in [1.165, 1.54) is 0 Å². The van der Waals surface area contributed by atoms with E-state index in [4.69, 9.17) is 19.0 Å². The van der Waals surface area contributed by atoms with Gasteiger partial charge >= 0.3 is 11.9 Å². The number of para-hydroxylation sites is 1. The van der Waals surface area contributed by atoms with E-state index in [2.05, 4.69) is 0 Å². The van der Waals surface area contributed by atoms with Crippen LogP contribution in [0.15, 0.2) is 54.6 Å². The van der Waals surface area contributed by atoms with Gasteiger partial charge in [0.1, 0.15) is 5.75 Å². The smallest absolute Gasteiger partial charge is 0.310 e. The Kier molecular flexibility index (Phi) is 5.87. The van der Waals surface area contributed by atoms with Crippen LogP contribution in [0.5, 0.6) is 5.75 Å². The molecule has 2 aromatic rings. The van der Waals surface area contributed by atoms with E-state index in [1.807, 2.05) is 54.6 Å². The van der Waals surface area contributed by atoms with Crippen molar-refractivity contribution in [1.82, 2.24) is 0 Å². The molecule has 1 spiro atoms. The number of carbonyl (C=O) groups excluding carboxylic acids is 2. The van der Waals surface area contributed by atoms with Crippen LogP contribution in [0.3, 0.4) is 0 Å². The molecule has 7 nitrogen and oxygen atoms in total. The van der Waals surface area contributed by atoms with Gasteiger partial charge in [-0.2, -0.15) is 0 Å².